The molecule has 0 fully saturated rings. The highest BCUT2D eigenvalue weighted by atomic mass is 16.1. The second kappa shape index (κ2) is 6.95. The smallest absolute Gasteiger partial charge is 0.211 e. The Morgan fingerprint density at radius 3 is 1.95 bits per heavy atom. The number of isocyanates is 2. The average molecular weight is 272 g/mol. The molecule has 0 aliphatic heterocycles. The van der Waals surface area contributed by atoms with E-state index in [0.29, 0.717) is 11.4 Å². The summed E-state index contributed by atoms with van der Waals surface area (Å²) in [5, 5.41) is 0. The Labute approximate surface area is 119 Å². The maximum atomic E-state index is 10.7. The molecule has 1 aromatic rings. The fourth-order valence-corrected chi connectivity index (χ4v) is 2.37. The molecule has 0 spiro atoms. The highest BCUT2D eigenvalue weighted by molar-refractivity contribution is 5.73. The summed E-state index contributed by atoms with van der Waals surface area (Å²) in [4.78, 5) is 29.2. The van der Waals surface area contributed by atoms with Crippen LogP contribution in [0.15, 0.2) is 16.1 Å². The molecule has 0 N–H and O–H groups in total. The molecule has 0 aliphatic rings. The standard InChI is InChI=1S/C16H20N2O2/c1-6-12-7-13(10(2)3)16(18-9-20)14(11(4)5)15(12)17-8-19/h7,10-11H,6H2,1-5H3. The summed E-state index contributed by atoms with van der Waals surface area (Å²) in [6.07, 6.45) is 3.98. The molecule has 0 unspecified atom stereocenters. The molecule has 0 heterocycles. The number of benzene rings is 1. The molecule has 0 amide bonds. The van der Waals surface area contributed by atoms with Gasteiger partial charge in [0.15, 0.2) is 0 Å². The summed E-state index contributed by atoms with van der Waals surface area (Å²) in [5.41, 5.74) is 3.97. The predicted octanol–water partition coefficient (Wildman–Crippen LogP) is 4.43. The van der Waals surface area contributed by atoms with Gasteiger partial charge in [0.1, 0.15) is 0 Å². The second-order valence-electron chi connectivity index (χ2n) is 5.30. The molecule has 106 valence electrons. The Balaban J connectivity index is 3.90. The summed E-state index contributed by atoms with van der Waals surface area (Å²) >= 11 is 0. The maximum absolute atomic E-state index is 10.7. The van der Waals surface area contributed by atoms with Crippen LogP contribution in [0.1, 0.15) is 63.1 Å². The lowest BCUT2D eigenvalue weighted by atomic mass is 9.88. The minimum Gasteiger partial charge on any atom is -0.211 e. The monoisotopic (exact) mass is 272 g/mol. The first-order chi connectivity index (χ1) is 9.47. The average Bonchev–Trinajstić information content (AvgIpc) is 2.38. The normalized spacial score (nSPS) is 10.3. The van der Waals surface area contributed by atoms with Crippen molar-refractivity contribution in [3.05, 3.63) is 22.8 Å². The second-order valence-corrected chi connectivity index (χ2v) is 5.30. The van der Waals surface area contributed by atoms with Gasteiger partial charge < -0.3 is 0 Å². The van der Waals surface area contributed by atoms with E-state index in [1.165, 1.54) is 0 Å². The summed E-state index contributed by atoms with van der Waals surface area (Å²) in [7, 11) is 0. The van der Waals surface area contributed by atoms with E-state index >= 15 is 0 Å². The van der Waals surface area contributed by atoms with Crippen LogP contribution in [0.2, 0.25) is 0 Å². The van der Waals surface area contributed by atoms with E-state index < -0.39 is 0 Å². The Kier molecular flexibility index (Phi) is 5.57. The molecule has 0 aliphatic carbocycles. The fourth-order valence-electron chi connectivity index (χ4n) is 2.37. The third-order valence-electron chi connectivity index (χ3n) is 3.31. The lowest BCUT2D eigenvalue weighted by molar-refractivity contribution is 0.564. The molecular weight excluding hydrogens is 252 g/mol. The number of nitrogens with zero attached hydrogens (tertiary/aromatic N) is 2. The van der Waals surface area contributed by atoms with Crippen molar-refractivity contribution >= 4 is 23.5 Å². The number of hydrogen-bond acceptors (Lipinski definition) is 4. The van der Waals surface area contributed by atoms with Crippen LogP contribution in [0.5, 0.6) is 0 Å². The zero-order valence-corrected chi connectivity index (χ0v) is 12.7. The van der Waals surface area contributed by atoms with Crippen LogP contribution >= 0.6 is 0 Å². The van der Waals surface area contributed by atoms with E-state index in [2.05, 4.69) is 9.98 Å². The van der Waals surface area contributed by atoms with Crippen molar-refractivity contribution in [1.82, 2.24) is 0 Å². The van der Waals surface area contributed by atoms with Crippen LogP contribution in [-0.4, -0.2) is 12.2 Å². The van der Waals surface area contributed by atoms with Gasteiger partial charge in [0.05, 0.1) is 11.4 Å². The Hall–Kier alpha value is -2.02. The molecular formula is C16H20N2O2. The van der Waals surface area contributed by atoms with Gasteiger partial charge in [-0.1, -0.05) is 40.7 Å². The molecule has 0 atom stereocenters. The zero-order chi connectivity index (χ0) is 15.3. The van der Waals surface area contributed by atoms with Gasteiger partial charge in [-0.25, -0.2) is 9.59 Å². The largest absolute Gasteiger partial charge is 0.240 e. The van der Waals surface area contributed by atoms with Crippen molar-refractivity contribution in [1.29, 1.82) is 0 Å². The van der Waals surface area contributed by atoms with Gasteiger partial charge in [0, 0.05) is 5.56 Å². The minimum absolute atomic E-state index is 0.0956. The predicted molar refractivity (Wildman–Crippen MR) is 79.6 cm³/mol. The number of aryl methyl sites for hydroxylation is 1. The topological polar surface area (TPSA) is 58.9 Å². The molecule has 20 heavy (non-hydrogen) atoms. The number of aliphatic imine (C=N–C) groups is 2. The van der Waals surface area contributed by atoms with Crippen LogP contribution < -0.4 is 0 Å². The molecule has 4 heteroatoms. The van der Waals surface area contributed by atoms with Crippen molar-refractivity contribution in [3.63, 3.8) is 0 Å². The van der Waals surface area contributed by atoms with Gasteiger partial charge in [-0.05, 0) is 29.4 Å². The van der Waals surface area contributed by atoms with Crippen LogP contribution in [0, 0.1) is 0 Å². The molecule has 1 rings (SSSR count). The molecule has 0 saturated carbocycles. The van der Waals surface area contributed by atoms with Crippen molar-refractivity contribution < 1.29 is 9.59 Å². The van der Waals surface area contributed by atoms with E-state index in [1.54, 1.807) is 12.2 Å². The zero-order valence-electron chi connectivity index (χ0n) is 12.7. The van der Waals surface area contributed by atoms with Gasteiger partial charge in [0.2, 0.25) is 12.2 Å². The third kappa shape index (κ3) is 3.11. The summed E-state index contributed by atoms with van der Waals surface area (Å²) in [6.45, 7) is 10.1. The first-order valence-electron chi connectivity index (χ1n) is 6.83. The lowest BCUT2D eigenvalue weighted by Crippen LogP contribution is -2.00. The van der Waals surface area contributed by atoms with Gasteiger partial charge in [-0.2, -0.15) is 9.98 Å². The highest BCUT2D eigenvalue weighted by Crippen LogP contribution is 2.43. The molecule has 0 aromatic heterocycles. The van der Waals surface area contributed by atoms with Gasteiger partial charge >= 0.3 is 0 Å². The van der Waals surface area contributed by atoms with Crippen molar-refractivity contribution in [3.8, 4) is 0 Å². The number of hydrogen-bond donors (Lipinski definition) is 0. The van der Waals surface area contributed by atoms with E-state index in [9.17, 15) is 9.59 Å². The SMILES string of the molecule is CCc1cc(C(C)C)c(N=C=O)c(C(C)C)c1N=C=O. The molecule has 1 aromatic carbocycles. The Morgan fingerprint density at radius 1 is 1.00 bits per heavy atom. The van der Waals surface area contributed by atoms with Gasteiger partial charge in [-0.3, -0.25) is 0 Å². The quantitative estimate of drug-likeness (QED) is 0.588. The fraction of sp³-hybridized carbons (Fsp3) is 0.500. The summed E-state index contributed by atoms with van der Waals surface area (Å²) < 4.78 is 0. The lowest BCUT2D eigenvalue weighted by Gasteiger charge is -2.20. The van der Waals surface area contributed by atoms with Crippen LogP contribution in [0.25, 0.3) is 0 Å². The summed E-state index contributed by atoms with van der Waals surface area (Å²) in [5.74, 6) is 0.317. The van der Waals surface area contributed by atoms with Gasteiger partial charge in [0.25, 0.3) is 0 Å². The van der Waals surface area contributed by atoms with Crippen molar-refractivity contribution in [2.75, 3.05) is 0 Å². The van der Waals surface area contributed by atoms with E-state index in [0.717, 1.165) is 23.1 Å². The first-order valence-corrected chi connectivity index (χ1v) is 6.83. The maximum Gasteiger partial charge on any atom is 0.240 e. The third-order valence-corrected chi connectivity index (χ3v) is 3.31. The Morgan fingerprint density at radius 2 is 1.55 bits per heavy atom. The number of rotatable bonds is 5. The van der Waals surface area contributed by atoms with Crippen LogP contribution in [0.3, 0.4) is 0 Å². The summed E-state index contributed by atoms with van der Waals surface area (Å²) in [6, 6.07) is 1.98. The molecule has 0 bridgehead atoms. The molecule has 0 radical (unpaired) electrons. The first kappa shape index (κ1) is 16.0. The van der Waals surface area contributed by atoms with Crippen molar-refractivity contribution in [2.24, 2.45) is 9.98 Å². The van der Waals surface area contributed by atoms with Crippen molar-refractivity contribution in [2.45, 2.75) is 52.9 Å². The molecule has 0 saturated heterocycles. The van der Waals surface area contributed by atoms with Crippen LogP contribution in [0.4, 0.5) is 11.4 Å². The Bertz CT molecular complexity index is 591. The minimum atomic E-state index is 0.0956. The van der Waals surface area contributed by atoms with Gasteiger partial charge in [-0.15, -0.1) is 0 Å². The molecule has 4 nitrogen and oxygen atoms in total. The number of carbonyl (C=O) groups excluding carboxylic acids is 2. The highest BCUT2D eigenvalue weighted by Gasteiger charge is 2.21. The van der Waals surface area contributed by atoms with E-state index in [1.807, 2.05) is 40.7 Å². The van der Waals surface area contributed by atoms with E-state index in [4.69, 9.17) is 0 Å². The van der Waals surface area contributed by atoms with E-state index in [-0.39, 0.29) is 11.8 Å². The van der Waals surface area contributed by atoms with Crippen LogP contribution in [-0.2, 0) is 16.0 Å².